The number of halogens is 2. The third-order valence-corrected chi connectivity index (χ3v) is 5.94. The van der Waals surface area contributed by atoms with Gasteiger partial charge in [0.1, 0.15) is 5.82 Å². The van der Waals surface area contributed by atoms with E-state index in [4.69, 9.17) is 11.6 Å². The van der Waals surface area contributed by atoms with Crippen molar-refractivity contribution in [1.29, 1.82) is 0 Å². The predicted octanol–water partition coefficient (Wildman–Crippen LogP) is 3.03. The van der Waals surface area contributed by atoms with E-state index >= 15 is 0 Å². The average molecular weight is 356 g/mol. The highest BCUT2D eigenvalue weighted by molar-refractivity contribution is 7.89. The fraction of sp³-hybridized carbons (Fsp3) is 0.333. The largest absolute Gasteiger partial charge is 0.243 e. The molecule has 0 bridgehead atoms. The number of hydrogen-bond acceptors (Lipinski definition) is 4. The number of hydrogen-bond donors (Lipinski definition) is 0. The molecule has 5 nitrogen and oxygen atoms in total. The lowest BCUT2D eigenvalue weighted by Crippen LogP contribution is -2.28. The first-order chi connectivity index (χ1) is 10.9. The van der Waals surface area contributed by atoms with Gasteiger partial charge >= 0.3 is 0 Å². The molecule has 0 amide bonds. The maximum absolute atomic E-state index is 13.7. The first kappa shape index (κ1) is 16.3. The van der Waals surface area contributed by atoms with E-state index in [-0.39, 0.29) is 10.2 Å². The van der Waals surface area contributed by atoms with Gasteiger partial charge in [0.2, 0.25) is 15.3 Å². The van der Waals surface area contributed by atoms with E-state index in [0.29, 0.717) is 29.9 Å². The molecule has 0 spiro atoms. The van der Waals surface area contributed by atoms with Crippen LogP contribution in [0.25, 0.3) is 11.3 Å². The fourth-order valence-electron chi connectivity index (χ4n) is 2.67. The van der Waals surface area contributed by atoms with Gasteiger partial charge in [0.15, 0.2) is 0 Å². The van der Waals surface area contributed by atoms with E-state index in [1.807, 2.05) is 0 Å². The molecule has 23 heavy (non-hydrogen) atoms. The monoisotopic (exact) mass is 355 g/mol. The summed E-state index contributed by atoms with van der Waals surface area (Å²) in [6, 6.07) is 3.68. The van der Waals surface area contributed by atoms with Crippen molar-refractivity contribution in [3.05, 3.63) is 41.1 Å². The minimum Gasteiger partial charge on any atom is -0.226 e. The average Bonchev–Trinajstić information content (AvgIpc) is 3.05. The second-order valence-electron chi connectivity index (χ2n) is 5.42. The summed E-state index contributed by atoms with van der Waals surface area (Å²) in [7, 11) is -3.78. The normalized spacial score (nSPS) is 16.0. The van der Waals surface area contributed by atoms with Gasteiger partial charge in [-0.3, -0.25) is 0 Å². The molecule has 0 N–H and O–H groups in total. The molecule has 1 fully saturated rings. The molecule has 1 aliphatic rings. The van der Waals surface area contributed by atoms with Crippen LogP contribution in [0, 0.1) is 12.7 Å². The van der Waals surface area contributed by atoms with Gasteiger partial charge in [0.05, 0.1) is 10.6 Å². The zero-order valence-corrected chi connectivity index (χ0v) is 14.0. The molecule has 0 aliphatic carbocycles. The highest BCUT2D eigenvalue weighted by Crippen LogP contribution is 2.32. The molecule has 1 saturated heterocycles. The molecule has 1 aliphatic heterocycles. The molecule has 8 heteroatoms. The van der Waals surface area contributed by atoms with Crippen molar-refractivity contribution in [1.82, 2.24) is 14.3 Å². The van der Waals surface area contributed by atoms with Crippen LogP contribution in [0.3, 0.4) is 0 Å². The summed E-state index contributed by atoms with van der Waals surface area (Å²) in [5, 5.41) is 0.0134. The Morgan fingerprint density at radius 3 is 2.65 bits per heavy atom. The fourth-order valence-corrected chi connectivity index (χ4v) is 4.52. The first-order valence-electron chi connectivity index (χ1n) is 7.19. The van der Waals surface area contributed by atoms with Gasteiger partial charge in [-0.1, -0.05) is 0 Å². The molecule has 0 unspecified atom stereocenters. The molecule has 1 aromatic heterocycles. The van der Waals surface area contributed by atoms with Crippen LogP contribution < -0.4 is 0 Å². The van der Waals surface area contributed by atoms with E-state index in [1.54, 1.807) is 6.92 Å². The number of nitrogens with zero attached hydrogens (tertiary/aromatic N) is 3. The lowest BCUT2D eigenvalue weighted by Gasteiger charge is -2.18. The van der Waals surface area contributed by atoms with Crippen LogP contribution >= 0.6 is 11.6 Å². The SMILES string of the molecule is Cc1cnc(Cl)nc1-c1ccc(F)cc1S(=O)(=O)N1CCCC1. The molecular weight excluding hydrogens is 341 g/mol. The molecule has 3 rings (SSSR count). The van der Waals surface area contributed by atoms with Crippen LogP contribution in [0.4, 0.5) is 4.39 Å². The van der Waals surface area contributed by atoms with Gasteiger partial charge < -0.3 is 0 Å². The van der Waals surface area contributed by atoms with Crippen molar-refractivity contribution in [2.75, 3.05) is 13.1 Å². The molecule has 2 aromatic rings. The second kappa shape index (κ2) is 6.14. The number of benzene rings is 1. The number of rotatable bonds is 3. The topological polar surface area (TPSA) is 63.2 Å². The Labute approximate surface area is 139 Å². The minimum absolute atomic E-state index is 0.0134. The van der Waals surface area contributed by atoms with Gasteiger partial charge in [-0.15, -0.1) is 0 Å². The third-order valence-electron chi connectivity index (χ3n) is 3.82. The molecule has 0 atom stereocenters. The zero-order valence-electron chi connectivity index (χ0n) is 12.5. The van der Waals surface area contributed by atoms with Crippen LogP contribution in [-0.2, 0) is 10.0 Å². The third kappa shape index (κ3) is 3.08. The van der Waals surface area contributed by atoms with E-state index in [2.05, 4.69) is 9.97 Å². The van der Waals surface area contributed by atoms with Gasteiger partial charge in [-0.25, -0.2) is 22.8 Å². The smallest absolute Gasteiger partial charge is 0.226 e. The van der Waals surface area contributed by atoms with E-state index < -0.39 is 15.8 Å². The van der Waals surface area contributed by atoms with Gasteiger partial charge in [0.25, 0.3) is 0 Å². The Hall–Kier alpha value is -1.57. The number of aromatic nitrogens is 2. The summed E-state index contributed by atoms with van der Waals surface area (Å²) in [5.41, 5.74) is 1.39. The Morgan fingerprint density at radius 1 is 1.26 bits per heavy atom. The Bertz CT molecular complexity index is 852. The van der Waals surface area contributed by atoms with Crippen molar-refractivity contribution in [3.63, 3.8) is 0 Å². The molecule has 122 valence electrons. The van der Waals surface area contributed by atoms with Crippen LogP contribution in [-0.4, -0.2) is 35.8 Å². The number of sulfonamides is 1. The van der Waals surface area contributed by atoms with Crippen LogP contribution in [0.1, 0.15) is 18.4 Å². The van der Waals surface area contributed by atoms with Crippen molar-refractivity contribution < 1.29 is 12.8 Å². The standard InChI is InChI=1S/C15H15ClFN3O2S/c1-10-9-18-15(16)19-14(10)12-5-4-11(17)8-13(12)23(21,22)20-6-2-3-7-20/h4-5,8-9H,2-3,6-7H2,1H3. The maximum atomic E-state index is 13.7. The summed E-state index contributed by atoms with van der Waals surface area (Å²) in [5.74, 6) is -0.607. The van der Waals surface area contributed by atoms with E-state index in [9.17, 15) is 12.8 Å². The lowest BCUT2D eigenvalue weighted by molar-refractivity contribution is 0.477. The van der Waals surface area contributed by atoms with Crippen molar-refractivity contribution >= 4 is 21.6 Å². The lowest BCUT2D eigenvalue weighted by atomic mass is 10.1. The quantitative estimate of drug-likeness (QED) is 0.794. The van der Waals surface area contributed by atoms with Crippen molar-refractivity contribution in [2.24, 2.45) is 0 Å². The second-order valence-corrected chi connectivity index (χ2v) is 7.67. The van der Waals surface area contributed by atoms with Gasteiger partial charge in [-0.05, 0) is 55.1 Å². The minimum atomic E-state index is -3.78. The summed E-state index contributed by atoms with van der Waals surface area (Å²) < 4.78 is 40.8. The van der Waals surface area contributed by atoms with Crippen LogP contribution in [0.2, 0.25) is 5.28 Å². The summed E-state index contributed by atoms with van der Waals surface area (Å²) >= 11 is 5.84. The summed E-state index contributed by atoms with van der Waals surface area (Å²) in [6.45, 7) is 2.64. The summed E-state index contributed by atoms with van der Waals surface area (Å²) in [6.07, 6.45) is 3.13. The molecule has 1 aromatic carbocycles. The van der Waals surface area contributed by atoms with Gasteiger partial charge in [0, 0.05) is 24.8 Å². The summed E-state index contributed by atoms with van der Waals surface area (Å²) in [4.78, 5) is 7.91. The Kier molecular flexibility index (Phi) is 4.35. The highest BCUT2D eigenvalue weighted by Gasteiger charge is 2.30. The van der Waals surface area contributed by atoms with Crippen LogP contribution in [0.15, 0.2) is 29.3 Å². The highest BCUT2D eigenvalue weighted by atomic mass is 35.5. The molecule has 2 heterocycles. The zero-order chi connectivity index (χ0) is 16.6. The maximum Gasteiger partial charge on any atom is 0.243 e. The Morgan fingerprint density at radius 2 is 1.96 bits per heavy atom. The van der Waals surface area contributed by atoms with Crippen LogP contribution in [0.5, 0.6) is 0 Å². The first-order valence-corrected chi connectivity index (χ1v) is 9.00. The molecule has 0 radical (unpaired) electrons. The van der Waals surface area contributed by atoms with E-state index in [1.165, 1.54) is 22.6 Å². The van der Waals surface area contributed by atoms with E-state index in [0.717, 1.165) is 18.9 Å². The molecule has 0 saturated carbocycles. The van der Waals surface area contributed by atoms with Crippen molar-refractivity contribution in [3.8, 4) is 11.3 Å². The predicted molar refractivity (Wildman–Crippen MR) is 85.2 cm³/mol. The molecular formula is C15H15ClFN3O2S. The Balaban J connectivity index is 2.21. The number of aryl methyl sites for hydroxylation is 1. The van der Waals surface area contributed by atoms with Crippen molar-refractivity contribution in [2.45, 2.75) is 24.7 Å². The van der Waals surface area contributed by atoms with Gasteiger partial charge in [-0.2, -0.15) is 4.31 Å².